The van der Waals surface area contributed by atoms with Crippen LogP contribution in [0.4, 0.5) is 10.1 Å². The standard InChI is InChI=1S/C24H29FN4O2/c1-4-15-5-8-18(9-6-15)29-14-16-11-22(19(24(2,3)31)12-21(16)28-29)27-23(30)20-10-7-17(25)13-26-20/h7,10-15,18,31H,4-6,8-9H2,1-3H3,(H,27,30). The van der Waals surface area contributed by atoms with Crippen molar-refractivity contribution in [3.63, 3.8) is 0 Å². The number of aliphatic hydroxyl groups is 1. The van der Waals surface area contributed by atoms with Crippen molar-refractivity contribution in [2.75, 3.05) is 5.32 Å². The topological polar surface area (TPSA) is 80.0 Å². The lowest BCUT2D eigenvalue weighted by Crippen LogP contribution is -2.21. The van der Waals surface area contributed by atoms with Crippen molar-refractivity contribution in [1.82, 2.24) is 14.8 Å². The summed E-state index contributed by atoms with van der Waals surface area (Å²) in [4.78, 5) is 16.5. The molecule has 0 atom stereocenters. The van der Waals surface area contributed by atoms with Crippen LogP contribution in [0.1, 0.15) is 75.0 Å². The number of nitrogens with one attached hydrogen (secondary N) is 1. The number of amides is 1. The summed E-state index contributed by atoms with van der Waals surface area (Å²) in [5, 5.41) is 19.2. The summed E-state index contributed by atoms with van der Waals surface area (Å²) in [6.45, 7) is 5.59. The molecule has 0 bridgehead atoms. The first-order valence-corrected chi connectivity index (χ1v) is 10.9. The van der Waals surface area contributed by atoms with Gasteiger partial charge in [0.1, 0.15) is 11.5 Å². The highest BCUT2D eigenvalue weighted by Crippen LogP contribution is 2.36. The molecule has 7 heteroatoms. The highest BCUT2D eigenvalue weighted by molar-refractivity contribution is 6.04. The number of rotatable bonds is 5. The number of fused-ring (bicyclic) bond motifs is 1. The van der Waals surface area contributed by atoms with E-state index in [1.165, 1.54) is 31.4 Å². The molecular formula is C24H29FN4O2. The van der Waals surface area contributed by atoms with E-state index >= 15 is 0 Å². The van der Waals surface area contributed by atoms with Crippen LogP contribution in [-0.4, -0.2) is 25.8 Å². The van der Waals surface area contributed by atoms with Gasteiger partial charge < -0.3 is 10.4 Å². The molecule has 1 aromatic carbocycles. The first kappa shape index (κ1) is 21.4. The molecule has 1 aliphatic carbocycles. The molecule has 0 unspecified atom stereocenters. The van der Waals surface area contributed by atoms with Gasteiger partial charge in [0.25, 0.3) is 5.91 Å². The van der Waals surface area contributed by atoms with Gasteiger partial charge in [0.2, 0.25) is 0 Å². The zero-order valence-corrected chi connectivity index (χ0v) is 18.2. The van der Waals surface area contributed by atoms with E-state index in [2.05, 4.69) is 17.2 Å². The maximum Gasteiger partial charge on any atom is 0.274 e. The number of hydrogen-bond acceptors (Lipinski definition) is 4. The third-order valence-electron chi connectivity index (χ3n) is 6.30. The van der Waals surface area contributed by atoms with Crippen molar-refractivity contribution in [2.24, 2.45) is 5.92 Å². The Morgan fingerprint density at radius 3 is 2.61 bits per heavy atom. The minimum absolute atomic E-state index is 0.103. The van der Waals surface area contributed by atoms with E-state index in [0.717, 1.165) is 35.9 Å². The highest BCUT2D eigenvalue weighted by Gasteiger charge is 2.25. The molecule has 6 nitrogen and oxygen atoms in total. The Labute approximate surface area is 181 Å². The number of carbonyl (C=O) groups is 1. The normalized spacial score (nSPS) is 19.5. The van der Waals surface area contributed by atoms with Crippen molar-refractivity contribution in [1.29, 1.82) is 0 Å². The predicted molar refractivity (Wildman–Crippen MR) is 118 cm³/mol. The second-order valence-electron chi connectivity index (χ2n) is 9.02. The Morgan fingerprint density at radius 2 is 2.00 bits per heavy atom. The van der Waals surface area contributed by atoms with E-state index in [4.69, 9.17) is 5.10 Å². The molecule has 0 spiro atoms. The minimum atomic E-state index is -1.18. The third kappa shape index (κ3) is 4.61. The minimum Gasteiger partial charge on any atom is -0.386 e. The number of hydrogen-bond donors (Lipinski definition) is 2. The van der Waals surface area contributed by atoms with Crippen molar-refractivity contribution in [3.05, 3.63) is 53.7 Å². The highest BCUT2D eigenvalue weighted by atomic mass is 19.1. The molecule has 0 aliphatic heterocycles. The largest absolute Gasteiger partial charge is 0.386 e. The van der Waals surface area contributed by atoms with Crippen LogP contribution in [0.25, 0.3) is 10.9 Å². The Hall–Kier alpha value is -2.80. The quantitative estimate of drug-likeness (QED) is 0.591. The monoisotopic (exact) mass is 424 g/mol. The average Bonchev–Trinajstić information content (AvgIpc) is 3.16. The summed E-state index contributed by atoms with van der Waals surface area (Å²) in [6.07, 6.45) is 8.93. The zero-order valence-electron chi connectivity index (χ0n) is 18.2. The number of nitrogens with zero attached hydrogens (tertiary/aromatic N) is 3. The third-order valence-corrected chi connectivity index (χ3v) is 6.30. The summed E-state index contributed by atoms with van der Waals surface area (Å²) in [6, 6.07) is 6.57. The second kappa shape index (κ2) is 8.38. The van der Waals surface area contributed by atoms with E-state index in [1.54, 1.807) is 13.8 Å². The molecule has 2 N–H and O–H groups in total. The molecule has 1 aliphatic rings. The molecule has 1 fully saturated rings. The average molecular weight is 425 g/mol. The smallest absolute Gasteiger partial charge is 0.274 e. The van der Waals surface area contributed by atoms with Gasteiger partial charge in [0.05, 0.1) is 23.4 Å². The van der Waals surface area contributed by atoms with Crippen molar-refractivity contribution < 1.29 is 14.3 Å². The van der Waals surface area contributed by atoms with Gasteiger partial charge in [-0.05, 0) is 69.7 Å². The molecule has 164 valence electrons. The van der Waals surface area contributed by atoms with E-state index in [1.807, 2.05) is 23.0 Å². The molecule has 0 radical (unpaired) electrons. The van der Waals surface area contributed by atoms with Gasteiger partial charge in [-0.25, -0.2) is 9.37 Å². The second-order valence-corrected chi connectivity index (χ2v) is 9.02. The van der Waals surface area contributed by atoms with E-state index in [-0.39, 0.29) is 5.69 Å². The van der Waals surface area contributed by atoms with E-state index in [9.17, 15) is 14.3 Å². The van der Waals surface area contributed by atoms with Crippen LogP contribution in [-0.2, 0) is 5.60 Å². The fourth-order valence-electron chi connectivity index (χ4n) is 4.40. The van der Waals surface area contributed by atoms with Crippen molar-refractivity contribution >= 4 is 22.5 Å². The lowest BCUT2D eigenvalue weighted by molar-refractivity contribution is 0.0793. The van der Waals surface area contributed by atoms with Gasteiger partial charge in [-0.15, -0.1) is 0 Å². The summed E-state index contributed by atoms with van der Waals surface area (Å²) in [5.41, 5.74) is 0.760. The SMILES string of the molecule is CCC1CCC(n2cc3cc(NC(=O)c4ccc(F)cn4)c(C(C)(C)O)cc3n2)CC1. The molecule has 2 aromatic heterocycles. The van der Waals surface area contributed by atoms with Gasteiger partial charge in [-0.3, -0.25) is 9.48 Å². The Kier molecular flexibility index (Phi) is 5.79. The zero-order chi connectivity index (χ0) is 22.2. The molecule has 1 saturated carbocycles. The van der Waals surface area contributed by atoms with Crippen LogP contribution in [0.3, 0.4) is 0 Å². The van der Waals surface area contributed by atoms with Gasteiger partial charge >= 0.3 is 0 Å². The molecule has 1 amide bonds. The predicted octanol–water partition coefficient (Wildman–Crippen LogP) is 5.19. The molecule has 2 heterocycles. The number of carbonyl (C=O) groups excluding carboxylic acids is 1. The summed E-state index contributed by atoms with van der Waals surface area (Å²) in [5.74, 6) is -0.157. The summed E-state index contributed by atoms with van der Waals surface area (Å²) < 4.78 is 15.2. The lowest BCUT2D eigenvalue weighted by Gasteiger charge is -2.27. The van der Waals surface area contributed by atoms with Crippen LogP contribution < -0.4 is 5.32 Å². The van der Waals surface area contributed by atoms with Crippen LogP contribution in [0, 0.1) is 11.7 Å². The number of aromatic nitrogens is 3. The van der Waals surface area contributed by atoms with Gasteiger partial charge in [-0.1, -0.05) is 13.3 Å². The first-order chi connectivity index (χ1) is 14.7. The van der Waals surface area contributed by atoms with Crippen LogP contribution in [0.2, 0.25) is 0 Å². The number of halogens is 1. The maximum atomic E-state index is 13.1. The van der Waals surface area contributed by atoms with Crippen molar-refractivity contribution in [3.8, 4) is 0 Å². The fourth-order valence-corrected chi connectivity index (χ4v) is 4.40. The van der Waals surface area contributed by atoms with Gasteiger partial charge in [0, 0.05) is 22.8 Å². The Morgan fingerprint density at radius 1 is 1.26 bits per heavy atom. The molecular weight excluding hydrogens is 395 g/mol. The number of benzene rings is 1. The number of anilines is 1. The van der Waals surface area contributed by atoms with Crippen LogP contribution in [0.15, 0.2) is 36.7 Å². The van der Waals surface area contributed by atoms with Gasteiger partial charge in [0.15, 0.2) is 0 Å². The summed E-state index contributed by atoms with van der Waals surface area (Å²) >= 11 is 0. The first-order valence-electron chi connectivity index (χ1n) is 10.9. The van der Waals surface area contributed by atoms with Crippen molar-refractivity contribution in [2.45, 2.75) is 64.5 Å². The van der Waals surface area contributed by atoms with E-state index < -0.39 is 17.3 Å². The Balaban J connectivity index is 1.65. The summed E-state index contributed by atoms with van der Waals surface area (Å²) in [7, 11) is 0. The molecule has 0 saturated heterocycles. The van der Waals surface area contributed by atoms with Crippen LogP contribution in [0.5, 0.6) is 0 Å². The lowest BCUT2D eigenvalue weighted by atomic mass is 9.85. The molecule has 31 heavy (non-hydrogen) atoms. The maximum absolute atomic E-state index is 13.1. The fraction of sp³-hybridized carbons (Fsp3) is 0.458. The van der Waals surface area contributed by atoms with Gasteiger partial charge in [-0.2, -0.15) is 5.10 Å². The molecule has 3 aromatic rings. The molecule has 4 rings (SSSR count). The Bertz CT molecular complexity index is 1080. The van der Waals surface area contributed by atoms with E-state index in [0.29, 0.717) is 17.3 Å². The van der Waals surface area contributed by atoms with Crippen LogP contribution >= 0.6 is 0 Å². The number of pyridine rings is 1.